The topological polar surface area (TPSA) is 97.5 Å². The van der Waals surface area contributed by atoms with Crippen LogP contribution in [0.25, 0.3) is 5.57 Å². The number of carbonyl (C=O) groups is 2. The van der Waals surface area contributed by atoms with E-state index in [1.54, 1.807) is 18.0 Å². The molecule has 2 N–H and O–H groups in total. The summed E-state index contributed by atoms with van der Waals surface area (Å²) in [6, 6.07) is 4.34. The van der Waals surface area contributed by atoms with Crippen LogP contribution >= 0.6 is 0 Å². The van der Waals surface area contributed by atoms with E-state index in [9.17, 15) is 9.59 Å². The van der Waals surface area contributed by atoms with Crippen LogP contribution in [-0.2, 0) is 20.7 Å². The third kappa shape index (κ3) is 4.80. The first kappa shape index (κ1) is 22.3. The highest BCUT2D eigenvalue weighted by atomic mass is 16.5. The molecule has 1 aromatic rings. The van der Waals surface area contributed by atoms with Crippen molar-refractivity contribution in [3.05, 3.63) is 29.5 Å². The van der Waals surface area contributed by atoms with Crippen LogP contribution in [-0.4, -0.2) is 67.9 Å². The number of nitrogens with zero attached hydrogens (tertiary/aromatic N) is 3. The smallest absolute Gasteiger partial charge is 0.260 e. The number of nitrogens with two attached hydrogens (primary N) is 1. The molecule has 8 nitrogen and oxygen atoms in total. The summed E-state index contributed by atoms with van der Waals surface area (Å²) >= 11 is 0. The van der Waals surface area contributed by atoms with Crippen LogP contribution in [0.3, 0.4) is 0 Å². The highest BCUT2D eigenvalue weighted by Gasteiger charge is 2.30. The molecule has 2 fully saturated rings. The van der Waals surface area contributed by atoms with Gasteiger partial charge in [-0.3, -0.25) is 14.6 Å². The van der Waals surface area contributed by atoms with E-state index < -0.39 is 0 Å². The molecule has 2 amide bonds. The van der Waals surface area contributed by atoms with Gasteiger partial charge < -0.3 is 25.0 Å². The molecule has 172 valence electrons. The van der Waals surface area contributed by atoms with Crippen molar-refractivity contribution in [3.8, 4) is 5.75 Å². The third-order valence-corrected chi connectivity index (χ3v) is 6.25. The number of rotatable bonds is 6. The Balaban J connectivity index is 1.68. The molecule has 2 aliphatic heterocycles. The number of benzene rings is 1. The molecule has 1 saturated heterocycles. The molecule has 8 heteroatoms. The number of amides is 2. The zero-order chi connectivity index (χ0) is 22.7. The van der Waals surface area contributed by atoms with Crippen molar-refractivity contribution in [1.29, 1.82) is 0 Å². The molecule has 1 atom stereocenters. The minimum Gasteiger partial charge on any atom is -0.483 e. The van der Waals surface area contributed by atoms with Crippen molar-refractivity contribution in [1.82, 2.24) is 4.90 Å². The lowest BCUT2D eigenvalue weighted by Crippen LogP contribution is -2.43. The first-order chi connectivity index (χ1) is 15.5. The highest BCUT2D eigenvalue weighted by Crippen LogP contribution is 2.41. The van der Waals surface area contributed by atoms with Gasteiger partial charge >= 0.3 is 0 Å². The minimum absolute atomic E-state index is 0.00794. The molecule has 0 aromatic heterocycles. The predicted octanol–water partition coefficient (Wildman–Crippen LogP) is 2.14. The molecule has 4 rings (SSSR count). The molecule has 2 heterocycles. The predicted molar refractivity (Wildman–Crippen MR) is 124 cm³/mol. The number of hydrogen-bond donors (Lipinski definition) is 1. The van der Waals surface area contributed by atoms with Crippen molar-refractivity contribution < 1.29 is 19.1 Å². The summed E-state index contributed by atoms with van der Waals surface area (Å²) in [6.45, 7) is 5.78. The maximum Gasteiger partial charge on any atom is 0.260 e. The van der Waals surface area contributed by atoms with Crippen molar-refractivity contribution in [2.75, 3.05) is 37.8 Å². The summed E-state index contributed by atoms with van der Waals surface area (Å²) in [6.07, 6.45) is 7.10. The number of fused-ring (bicyclic) bond motifs is 1. The summed E-state index contributed by atoms with van der Waals surface area (Å²) in [4.78, 5) is 33.3. The van der Waals surface area contributed by atoms with Crippen molar-refractivity contribution in [2.45, 2.75) is 51.6 Å². The Morgan fingerprint density at radius 1 is 1.25 bits per heavy atom. The van der Waals surface area contributed by atoms with Gasteiger partial charge in [0.15, 0.2) is 6.61 Å². The van der Waals surface area contributed by atoms with Gasteiger partial charge in [0.05, 0.1) is 24.9 Å². The molecule has 0 bridgehead atoms. The second-order valence-corrected chi connectivity index (χ2v) is 8.63. The van der Waals surface area contributed by atoms with Gasteiger partial charge in [0.2, 0.25) is 5.91 Å². The normalized spacial score (nSPS) is 21.6. The Labute approximate surface area is 189 Å². The van der Waals surface area contributed by atoms with Gasteiger partial charge in [-0.15, -0.1) is 0 Å². The molecule has 1 aromatic carbocycles. The number of aliphatic imine (C=N–C) groups is 1. The van der Waals surface area contributed by atoms with E-state index in [0.29, 0.717) is 38.1 Å². The SMILES string of the molecule is CC(=O)N1c2ccc(C(C=NC3CC3)=CN)c(OCC(=O)N3CCOCC3)c2CC[C@@H]1C. The third-order valence-electron chi connectivity index (χ3n) is 6.25. The van der Waals surface area contributed by atoms with Crippen molar-refractivity contribution >= 4 is 29.3 Å². The van der Waals surface area contributed by atoms with Crippen LogP contribution in [0.5, 0.6) is 5.75 Å². The number of hydrogen-bond acceptors (Lipinski definition) is 6. The average molecular weight is 441 g/mol. The number of allylic oxidation sites excluding steroid dienone is 1. The zero-order valence-electron chi connectivity index (χ0n) is 18.9. The summed E-state index contributed by atoms with van der Waals surface area (Å²) in [5.74, 6) is 0.530. The standard InChI is InChI=1S/C24H32N4O4/c1-16-3-6-21-22(28(16)17(2)29)8-7-20(18(13-25)14-26-19-4-5-19)24(21)32-15-23(30)27-9-11-31-12-10-27/h7-8,13-14,16,19H,3-6,9-12,15,25H2,1-2H3/t16-/m0/s1. The fourth-order valence-corrected chi connectivity index (χ4v) is 4.33. The van der Waals surface area contributed by atoms with Gasteiger partial charge in [0.1, 0.15) is 5.75 Å². The second-order valence-electron chi connectivity index (χ2n) is 8.63. The lowest BCUT2D eigenvalue weighted by molar-refractivity contribution is -0.137. The molecule has 1 saturated carbocycles. The van der Waals surface area contributed by atoms with Gasteiger partial charge in [-0.2, -0.15) is 0 Å². The van der Waals surface area contributed by atoms with E-state index in [0.717, 1.165) is 48.1 Å². The largest absolute Gasteiger partial charge is 0.483 e. The number of morpholine rings is 1. The lowest BCUT2D eigenvalue weighted by atomic mass is 9.92. The first-order valence-corrected chi connectivity index (χ1v) is 11.4. The second kappa shape index (κ2) is 9.73. The van der Waals surface area contributed by atoms with Gasteiger partial charge in [-0.05, 0) is 44.7 Å². The Hall–Kier alpha value is -2.87. The molecular weight excluding hydrogens is 408 g/mol. The van der Waals surface area contributed by atoms with E-state index in [1.165, 1.54) is 6.20 Å². The Morgan fingerprint density at radius 3 is 2.66 bits per heavy atom. The maximum atomic E-state index is 12.8. The van der Waals surface area contributed by atoms with E-state index in [4.69, 9.17) is 15.2 Å². The molecule has 3 aliphatic rings. The van der Waals surface area contributed by atoms with Gasteiger partial charge in [-0.1, -0.05) is 0 Å². The summed E-state index contributed by atoms with van der Waals surface area (Å²) in [7, 11) is 0. The summed E-state index contributed by atoms with van der Waals surface area (Å²) < 4.78 is 11.5. The minimum atomic E-state index is -0.0746. The van der Waals surface area contributed by atoms with Gasteiger partial charge in [0.25, 0.3) is 5.91 Å². The Bertz CT molecular complexity index is 932. The molecule has 0 radical (unpaired) electrons. The Kier molecular flexibility index (Phi) is 6.79. The highest BCUT2D eigenvalue weighted by molar-refractivity contribution is 6.11. The quantitative estimate of drug-likeness (QED) is 0.684. The fourth-order valence-electron chi connectivity index (χ4n) is 4.33. The molecule has 0 unspecified atom stereocenters. The van der Waals surface area contributed by atoms with Gasteiger partial charge in [0, 0.05) is 55.2 Å². The zero-order valence-corrected chi connectivity index (χ0v) is 18.9. The van der Waals surface area contributed by atoms with Crippen LogP contribution < -0.4 is 15.4 Å². The average Bonchev–Trinajstić information content (AvgIpc) is 3.62. The monoisotopic (exact) mass is 440 g/mol. The number of ether oxygens (including phenoxy) is 2. The summed E-state index contributed by atoms with van der Waals surface area (Å²) in [5.41, 5.74) is 9.28. The molecule has 0 spiro atoms. The van der Waals surface area contributed by atoms with Crippen molar-refractivity contribution in [3.63, 3.8) is 0 Å². The van der Waals surface area contributed by atoms with Crippen molar-refractivity contribution in [2.24, 2.45) is 10.7 Å². The molecule has 32 heavy (non-hydrogen) atoms. The van der Waals surface area contributed by atoms with E-state index >= 15 is 0 Å². The molecular formula is C24H32N4O4. The van der Waals surface area contributed by atoms with Crippen LogP contribution in [0.15, 0.2) is 23.3 Å². The number of carbonyl (C=O) groups excluding carboxylic acids is 2. The maximum absolute atomic E-state index is 12.8. The van der Waals surface area contributed by atoms with Crippen LogP contribution in [0.4, 0.5) is 5.69 Å². The fraction of sp³-hybridized carbons (Fsp3) is 0.542. The van der Waals surface area contributed by atoms with Crippen LogP contribution in [0.1, 0.15) is 44.2 Å². The van der Waals surface area contributed by atoms with Crippen LogP contribution in [0, 0.1) is 0 Å². The Morgan fingerprint density at radius 2 is 2.00 bits per heavy atom. The first-order valence-electron chi connectivity index (χ1n) is 11.4. The summed E-state index contributed by atoms with van der Waals surface area (Å²) in [5, 5.41) is 0. The van der Waals surface area contributed by atoms with E-state index in [2.05, 4.69) is 4.99 Å². The van der Waals surface area contributed by atoms with E-state index in [1.807, 2.05) is 24.0 Å². The molecule has 1 aliphatic carbocycles. The van der Waals surface area contributed by atoms with Gasteiger partial charge in [-0.25, -0.2) is 0 Å². The van der Waals surface area contributed by atoms with Crippen LogP contribution in [0.2, 0.25) is 0 Å². The van der Waals surface area contributed by atoms with E-state index in [-0.39, 0.29) is 24.5 Å². The number of anilines is 1. The lowest BCUT2D eigenvalue weighted by Gasteiger charge is -2.36.